The summed E-state index contributed by atoms with van der Waals surface area (Å²) in [7, 11) is 0. The van der Waals surface area contributed by atoms with Crippen LogP contribution in [-0.2, 0) is 11.2 Å². The number of amides is 1. The van der Waals surface area contributed by atoms with Gasteiger partial charge in [0.2, 0.25) is 6.79 Å². The van der Waals surface area contributed by atoms with Crippen LogP contribution in [0.3, 0.4) is 0 Å². The fourth-order valence-electron chi connectivity index (χ4n) is 3.85. The summed E-state index contributed by atoms with van der Waals surface area (Å²) in [5.74, 6) is 3.00. The molecule has 0 bridgehead atoms. The van der Waals surface area contributed by atoms with Crippen LogP contribution in [0, 0.1) is 0 Å². The summed E-state index contributed by atoms with van der Waals surface area (Å²) >= 11 is 0. The Balaban J connectivity index is 1.29. The van der Waals surface area contributed by atoms with Crippen LogP contribution in [0.2, 0.25) is 0 Å². The lowest BCUT2D eigenvalue weighted by Crippen LogP contribution is -2.34. The highest BCUT2D eigenvalue weighted by atomic mass is 16.7. The maximum Gasteiger partial charge on any atom is 0.278 e. The van der Waals surface area contributed by atoms with Crippen molar-refractivity contribution in [1.82, 2.24) is 14.9 Å². The van der Waals surface area contributed by atoms with E-state index < -0.39 is 0 Å². The molecule has 4 heterocycles. The van der Waals surface area contributed by atoms with Gasteiger partial charge in [-0.2, -0.15) is 0 Å². The molecule has 2 aliphatic heterocycles. The molecule has 4 aromatic rings. The fourth-order valence-corrected chi connectivity index (χ4v) is 3.85. The second kappa shape index (κ2) is 7.42. The van der Waals surface area contributed by atoms with Crippen LogP contribution in [0.15, 0.2) is 76.0 Å². The highest BCUT2D eigenvalue weighted by Gasteiger charge is 2.32. The molecule has 158 valence electrons. The van der Waals surface area contributed by atoms with Gasteiger partial charge in [0.15, 0.2) is 23.1 Å². The molecular formula is C24H18N4O4. The number of aromatic nitrogens is 2. The summed E-state index contributed by atoms with van der Waals surface area (Å²) in [5.41, 5.74) is 3.01. The number of ether oxygens (including phenoxy) is 2. The third-order valence-corrected chi connectivity index (χ3v) is 5.40. The Bertz CT molecular complexity index is 1350. The predicted octanol–water partition coefficient (Wildman–Crippen LogP) is 3.76. The maximum atomic E-state index is 13.3. The molecule has 2 aromatic carbocycles. The third kappa shape index (κ3) is 3.22. The number of furan rings is 1. The molecule has 0 unspecified atom stereocenters. The van der Waals surface area contributed by atoms with Crippen molar-refractivity contribution in [1.29, 1.82) is 0 Å². The Kier molecular flexibility index (Phi) is 4.28. The Labute approximate surface area is 182 Å². The van der Waals surface area contributed by atoms with Crippen LogP contribution >= 0.6 is 0 Å². The smallest absolute Gasteiger partial charge is 0.278 e. The Morgan fingerprint density at radius 3 is 2.84 bits per heavy atom. The van der Waals surface area contributed by atoms with Crippen molar-refractivity contribution in [3.8, 4) is 11.5 Å². The van der Waals surface area contributed by atoms with E-state index in [2.05, 4.69) is 15.0 Å². The number of benzene rings is 2. The van der Waals surface area contributed by atoms with Gasteiger partial charge in [-0.1, -0.05) is 18.2 Å². The number of amidine groups is 1. The van der Waals surface area contributed by atoms with Crippen LogP contribution < -0.4 is 9.47 Å². The van der Waals surface area contributed by atoms with Crippen LogP contribution in [0.4, 0.5) is 0 Å². The standard InChI is InChI=1S/C24H18N4O4/c29-24-18(12-15-7-8-19-21(13-15)32-14-31-19)27-23(20-6-3-11-30-20)28(24)10-9-22-25-16-4-1-2-5-17(16)26-22/h1-8,11-13H,9-10,14H2,(H,25,26). The fraction of sp³-hybridized carbons (Fsp3) is 0.125. The number of hydrogen-bond donors (Lipinski definition) is 1. The first-order chi connectivity index (χ1) is 15.7. The lowest BCUT2D eigenvalue weighted by Gasteiger charge is -2.16. The zero-order valence-corrected chi connectivity index (χ0v) is 16.9. The summed E-state index contributed by atoms with van der Waals surface area (Å²) in [6, 6.07) is 16.9. The van der Waals surface area contributed by atoms with Gasteiger partial charge in [0.25, 0.3) is 5.91 Å². The molecule has 0 aliphatic carbocycles. The lowest BCUT2D eigenvalue weighted by molar-refractivity contribution is -0.122. The number of carbonyl (C=O) groups is 1. The van der Waals surface area contributed by atoms with Gasteiger partial charge in [-0.05, 0) is 48.0 Å². The van der Waals surface area contributed by atoms with Gasteiger partial charge >= 0.3 is 0 Å². The van der Waals surface area contributed by atoms with E-state index in [1.165, 1.54) is 0 Å². The van der Waals surface area contributed by atoms with Crippen molar-refractivity contribution in [2.24, 2.45) is 4.99 Å². The third-order valence-electron chi connectivity index (χ3n) is 5.40. The molecule has 0 fully saturated rings. The minimum atomic E-state index is -0.190. The van der Waals surface area contributed by atoms with Crippen molar-refractivity contribution >= 4 is 28.9 Å². The highest BCUT2D eigenvalue weighted by molar-refractivity contribution is 6.18. The zero-order valence-electron chi connectivity index (χ0n) is 16.9. The second-order valence-electron chi connectivity index (χ2n) is 7.46. The number of para-hydroxylation sites is 2. The largest absolute Gasteiger partial charge is 0.461 e. The minimum absolute atomic E-state index is 0.190. The Morgan fingerprint density at radius 1 is 1.06 bits per heavy atom. The van der Waals surface area contributed by atoms with E-state index in [4.69, 9.17) is 13.9 Å². The van der Waals surface area contributed by atoms with Crippen molar-refractivity contribution in [3.05, 3.63) is 83.7 Å². The number of nitrogens with zero attached hydrogens (tertiary/aromatic N) is 3. The number of hydrogen-bond acceptors (Lipinski definition) is 6. The number of carbonyl (C=O) groups excluding carboxylic acids is 1. The molecule has 1 amide bonds. The van der Waals surface area contributed by atoms with E-state index in [1.807, 2.05) is 42.5 Å². The van der Waals surface area contributed by atoms with Crippen LogP contribution in [0.1, 0.15) is 17.1 Å². The van der Waals surface area contributed by atoms with Gasteiger partial charge in [0, 0.05) is 13.0 Å². The average molecular weight is 426 g/mol. The summed E-state index contributed by atoms with van der Waals surface area (Å²) in [5, 5.41) is 0. The molecule has 32 heavy (non-hydrogen) atoms. The van der Waals surface area contributed by atoms with E-state index in [9.17, 15) is 4.79 Å². The molecule has 0 atom stereocenters. The van der Waals surface area contributed by atoms with Crippen LogP contribution in [0.5, 0.6) is 11.5 Å². The van der Waals surface area contributed by atoms with E-state index in [1.54, 1.807) is 29.4 Å². The van der Waals surface area contributed by atoms with Crippen LogP contribution in [-0.4, -0.2) is 39.9 Å². The first-order valence-corrected chi connectivity index (χ1v) is 10.2. The number of nitrogens with one attached hydrogen (secondary N) is 1. The molecule has 0 saturated heterocycles. The molecule has 2 aliphatic rings. The van der Waals surface area contributed by atoms with Gasteiger partial charge in [0.1, 0.15) is 11.5 Å². The van der Waals surface area contributed by atoms with E-state index >= 15 is 0 Å². The molecule has 6 rings (SSSR count). The Hall–Kier alpha value is -4.33. The molecule has 1 N–H and O–H groups in total. The molecule has 2 aromatic heterocycles. The normalized spacial score (nSPS) is 16.4. The number of imidazole rings is 1. The SMILES string of the molecule is O=C1C(=Cc2ccc3c(c2)OCO3)N=C(c2ccco2)N1CCc1nc2ccccc2[nH]1. The number of rotatable bonds is 5. The van der Waals surface area contributed by atoms with E-state index in [-0.39, 0.29) is 12.7 Å². The summed E-state index contributed by atoms with van der Waals surface area (Å²) < 4.78 is 16.3. The molecule has 8 nitrogen and oxygen atoms in total. The summed E-state index contributed by atoms with van der Waals surface area (Å²) in [6.45, 7) is 0.612. The average Bonchev–Trinajstić information content (AvgIpc) is 3.59. The molecular weight excluding hydrogens is 408 g/mol. The van der Waals surface area contributed by atoms with Crippen LogP contribution in [0.25, 0.3) is 17.1 Å². The van der Waals surface area contributed by atoms with Crippen molar-refractivity contribution in [2.45, 2.75) is 6.42 Å². The number of aliphatic imine (C=N–C) groups is 1. The first kappa shape index (κ1) is 18.4. The quantitative estimate of drug-likeness (QED) is 0.491. The monoisotopic (exact) mass is 426 g/mol. The van der Waals surface area contributed by atoms with Gasteiger partial charge in [-0.15, -0.1) is 0 Å². The maximum absolute atomic E-state index is 13.3. The highest BCUT2D eigenvalue weighted by Crippen LogP contribution is 2.33. The van der Waals surface area contributed by atoms with Crippen molar-refractivity contribution < 1.29 is 18.7 Å². The van der Waals surface area contributed by atoms with Gasteiger partial charge in [0.05, 0.1) is 17.3 Å². The minimum Gasteiger partial charge on any atom is -0.461 e. The van der Waals surface area contributed by atoms with Crippen molar-refractivity contribution in [2.75, 3.05) is 13.3 Å². The van der Waals surface area contributed by atoms with Gasteiger partial charge in [-0.3, -0.25) is 9.69 Å². The second-order valence-corrected chi connectivity index (χ2v) is 7.46. The zero-order chi connectivity index (χ0) is 21.5. The summed E-state index contributed by atoms with van der Waals surface area (Å²) in [6.07, 6.45) is 3.87. The molecule has 8 heteroatoms. The number of H-pyrrole nitrogens is 1. The predicted molar refractivity (Wildman–Crippen MR) is 117 cm³/mol. The van der Waals surface area contributed by atoms with Gasteiger partial charge < -0.3 is 18.9 Å². The molecule has 0 radical (unpaired) electrons. The summed E-state index contributed by atoms with van der Waals surface area (Å²) in [4.78, 5) is 27.4. The topological polar surface area (TPSA) is 92.9 Å². The molecule has 0 spiro atoms. The Morgan fingerprint density at radius 2 is 1.97 bits per heavy atom. The first-order valence-electron chi connectivity index (χ1n) is 10.2. The van der Waals surface area contributed by atoms with E-state index in [0.717, 1.165) is 22.4 Å². The lowest BCUT2D eigenvalue weighted by atomic mass is 10.1. The van der Waals surface area contributed by atoms with E-state index in [0.29, 0.717) is 41.8 Å². The molecule has 0 saturated carbocycles. The van der Waals surface area contributed by atoms with Crippen molar-refractivity contribution in [3.63, 3.8) is 0 Å². The number of aromatic amines is 1. The van der Waals surface area contributed by atoms with Gasteiger partial charge in [-0.25, -0.2) is 9.98 Å². The number of fused-ring (bicyclic) bond motifs is 2.